The van der Waals surface area contributed by atoms with Gasteiger partial charge in [0.25, 0.3) is 11.8 Å². The molecule has 0 radical (unpaired) electrons. The number of carbonyl (C=O) groups excluding carboxylic acids is 2. The Kier molecular flexibility index (Phi) is 8.06. The molecule has 9 heteroatoms. The highest BCUT2D eigenvalue weighted by atomic mass is 127. The van der Waals surface area contributed by atoms with Crippen LogP contribution < -0.4 is 14.8 Å². The number of nitrogens with one attached hydrogen (secondary N) is 1. The molecule has 1 fully saturated rings. The fraction of sp³-hybridized carbons (Fsp3) is 0.136. The van der Waals surface area contributed by atoms with E-state index in [2.05, 4.69) is 57.1 Å². The van der Waals surface area contributed by atoms with Crippen LogP contribution in [0.5, 0.6) is 11.5 Å². The zero-order valence-corrected chi connectivity index (χ0v) is 21.6. The summed E-state index contributed by atoms with van der Waals surface area (Å²) in [6.45, 7) is 4.22. The summed E-state index contributed by atoms with van der Waals surface area (Å²) in [7, 11) is 1.54. The molecule has 0 unspecified atom stereocenters. The Hall–Kier alpha value is -1.99. The van der Waals surface area contributed by atoms with Crippen molar-refractivity contribution in [3.05, 3.63) is 72.9 Å². The minimum absolute atomic E-state index is 0.0131. The Labute approximate surface area is 212 Å². The van der Waals surface area contributed by atoms with E-state index in [0.29, 0.717) is 23.7 Å². The smallest absolute Gasteiger partial charge is 0.265 e. The molecule has 1 N–H and O–H groups in total. The molecule has 2 aromatic rings. The van der Waals surface area contributed by atoms with Gasteiger partial charge in [-0.05, 0) is 98.9 Å². The highest BCUT2D eigenvalue weighted by Gasteiger charge is 2.32. The molecule has 0 aromatic heterocycles. The van der Waals surface area contributed by atoms with Gasteiger partial charge in [0, 0.05) is 10.1 Å². The molecule has 1 aliphatic rings. The number of ether oxygens (including phenoxy) is 2. The van der Waals surface area contributed by atoms with Gasteiger partial charge in [0.15, 0.2) is 16.6 Å². The third kappa shape index (κ3) is 5.63. The summed E-state index contributed by atoms with van der Waals surface area (Å²) in [6, 6.07) is 11.6. The first-order chi connectivity index (χ1) is 14.8. The molecule has 0 saturated carbocycles. The number of nitrogens with zero attached hydrogens (tertiary/aromatic N) is 1. The predicted molar refractivity (Wildman–Crippen MR) is 140 cm³/mol. The molecular weight excluding hydrogens is 642 g/mol. The normalized spacial score (nSPS) is 15.1. The molecule has 31 heavy (non-hydrogen) atoms. The minimum atomic E-state index is -0.539. The van der Waals surface area contributed by atoms with Crippen molar-refractivity contribution in [3.63, 3.8) is 0 Å². The van der Waals surface area contributed by atoms with E-state index in [-0.39, 0.29) is 17.2 Å². The average Bonchev–Trinajstić information content (AvgIpc) is 2.74. The molecule has 0 spiro atoms. The van der Waals surface area contributed by atoms with E-state index in [1.54, 1.807) is 19.3 Å². The Bertz CT molecular complexity index is 1080. The Morgan fingerprint density at radius 3 is 2.55 bits per heavy atom. The van der Waals surface area contributed by atoms with E-state index in [1.165, 1.54) is 11.0 Å². The van der Waals surface area contributed by atoms with E-state index in [1.807, 2.05) is 30.3 Å². The Morgan fingerprint density at radius 2 is 1.90 bits per heavy atom. The first-order valence-electron chi connectivity index (χ1n) is 9.08. The summed E-state index contributed by atoms with van der Waals surface area (Å²) in [5.41, 5.74) is 1.65. The van der Waals surface area contributed by atoms with Crippen molar-refractivity contribution >= 4 is 80.4 Å². The molecule has 2 amide bonds. The molecule has 6 nitrogen and oxygen atoms in total. The van der Waals surface area contributed by atoms with Crippen molar-refractivity contribution in [2.24, 2.45) is 0 Å². The molecule has 2 aromatic carbocycles. The summed E-state index contributed by atoms with van der Waals surface area (Å²) >= 11 is 9.48. The van der Waals surface area contributed by atoms with Crippen molar-refractivity contribution in [1.29, 1.82) is 0 Å². The second kappa shape index (κ2) is 10.6. The van der Waals surface area contributed by atoms with Crippen LogP contribution in [0.4, 0.5) is 0 Å². The van der Waals surface area contributed by atoms with Gasteiger partial charge in [-0.2, -0.15) is 0 Å². The van der Waals surface area contributed by atoms with Crippen molar-refractivity contribution in [2.45, 2.75) is 6.61 Å². The maximum Gasteiger partial charge on any atom is 0.265 e. The zero-order chi connectivity index (χ0) is 22.5. The van der Waals surface area contributed by atoms with Gasteiger partial charge in [-0.25, -0.2) is 0 Å². The van der Waals surface area contributed by atoms with Crippen LogP contribution in [0.25, 0.3) is 6.08 Å². The molecule has 0 bridgehead atoms. The summed E-state index contributed by atoms with van der Waals surface area (Å²) in [4.78, 5) is 26.4. The van der Waals surface area contributed by atoms with Gasteiger partial charge in [-0.3, -0.25) is 19.8 Å². The molecule has 0 atom stereocenters. The van der Waals surface area contributed by atoms with Gasteiger partial charge in [0.2, 0.25) is 0 Å². The van der Waals surface area contributed by atoms with Crippen molar-refractivity contribution in [2.75, 3.05) is 13.7 Å². The second-order valence-corrected chi connectivity index (χ2v) is 9.27. The van der Waals surface area contributed by atoms with E-state index in [9.17, 15) is 9.59 Å². The van der Waals surface area contributed by atoms with Crippen LogP contribution in [0, 0.1) is 7.14 Å². The number of hydrogen-bond acceptors (Lipinski definition) is 5. The van der Waals surface area contributed by atoms with E-state index in [0.717, 1.165) is 12.7 Å². The number of carbonyl (C=O) groups is 2. The van der Waals surface area contributed by atoms with Gasteiger partial charge < -0.3 is 9.47 Å². The molecule has 3 rings (SSSR count). The van der Waals surface area contributed by atoms with Crippen LogP contribution in [-0.4, -0.2) is 35.5 Å². The fourth-order valence-electron chi connectivity index (χ4n) is 2.85. The average molecular weight is 660 g/mol. The molecule has 1 heterocycles. The lowest BCUT2D eigenvalue weighted by Crippen LogP contribution is -2.53. The Balaban J connectivity index is 1.88. The SMILES string of the molecule is C=CCN1C(=O)/C(=C/c2cc(I)c(OCc3ccc(I)cc3)c(OC)c2)C(=O)NC1=S. The zero-order valence-electron chi connectivity index (χ0n) is 16.5. The molecule has 1 saturated heterocycles. The van der Waals surface area contributed by atoms with Crippen LogP contribution in [0.2, 0.25) is 0 Å². The third-order valence-corrected chi connectivity index (χ3v) is 6.20. The molecule has 1 aliphatic heterocycles. The lowest BCUT2D eigenvalue weighted by Gasteiger charge is -2.27. The topological polar surface area (TPSA) is 67.9 Å². The number of hydrogen-bond donors (Lipinski definition) is 1. The number of amides is 2. The lowest BCUT2D eigenvalue weighted by atomic mass is 10.1. The van der Waals surface area contributed by atoms with Crippen LogP contribution >= 0.6 is 57.4 Å². The summed E-state index contributed by atoms with van der Waals surface area (Å²) in [5, 5.41) is 2.60. The minimum Gasteiger partial charge on any atom is -0.493 e. The van der Waals surface area contributed by atoms with E-state index < -0.39 is 11.8 Å². The van der Waals surface area contributed by atoms with E-state index >= 15 is 0 Å². The van der Waals surface area contributed by atoms with Gasteiger partial charge >= 0.3 is 0 Å². The van der Waals surface area contributed by atoms with E-state index in [4.69, 9.17) is 21.7 Å². The number of thiocarbonyl (C=S) groups is 1. The number of benzene rings is 2. The number of halogens is 2. The van der Waals surface area contributed by atoms with Crippen molar-refractivity contribution in [1.82, 2.24) is 10.2 Å². The standard InChI is InChI=1S/C22H18I2N2O4S/c1-3-8-26-21(28)16(20(27)25-22(26)31)9-14-10-17(24)19(18(11-14)29-2)30-12-13-4-6-15(23)7-5-13/h3-7,9-11H,1,8,12H2,2H3,(H,25,27,31)/b16-9+. The fourth-order valence-corrected chi connectivity index (χ4v) is 4.25. The van der Waals surface area contributed by atoms with Crippen LogP contribution in [-0.2, 0) is 16.2 Å². The quantitative estimate of drug-likeness (QED) is 0.158. The third-order valence-electron chi connectivity index (χ3n) is 4.36. The maximum absolute atomic E-state index is 12.7. The highest BCUT2D eigenvalue weighted by Crippen LogP contribution is 2.35. The number of methoxy groups -OCH3 is 1. The van der Waals surface area contributed by atoms with Gasteiger partial charge in [-0.1, -0.05) is 18.2 Å². The van der Waals surface area contributed by atoms with Crippen molar-refractivity contribution in [3.8, 4) is 11.5 Å². The largest absolute Gasteiger partial charge is 0.493 e. The summed E-state index contributed by atoms with van der Waals surface area (Å²) in [6.07, 6.45) is 3.06. The molecule has 160 valence electrons. The molecular formula is C22H18I2N2O4S. The van der Waals surface area contributed by atoms with Crippen LogP contribution in [0.1, 0.15) is 11.1 Å². The van der Waals surface area contributed by atoms with Crippen LogP contribution in [0.3, 0.4) is 0 Å². The van der Waals surface area contributed by atoms with Crippen molar-refractivity contribution < 1.29 is 19.1 Å². The van der Waals surface area contributed by atoms with Gasteiger partial charge in [0.1, 0.15) is 12.2 Å². The molecule has 0 aliphatic carbocycles. The lowest BCUT2D eigenvalue weighted by molar-refractivity contribution is -0.128. The van der Waals surface area contributed by atoms with Gasteiger partial charge in [0.05, 0.1) is 10.7 Å². The monoisotopic (exact) mass is 660 g/mol. The first-order valence-corrected chi connectivity index (χ1v) is 11.6. The summed E-state index contributed by atoms with van der Waals surface area (Å²) in [5.74, 6) is 0.0917. The summed E-state index contributed by atoms with van der Waals surface area (Å²) < 4.78 is 13.4. The van der Waals surface area contributed by atoms with Crippen LogP contribution in [0.15, 0.2) is 54.6 Å². The predicted octanol–water partition coefficient (Wildman–Crippen LogP) is 4.30. The first kappa shape index (κ1) is 23.7. The number of rotatable bonds is 7. The Morgan fingerprint density at radius 1 is 1.19 bits per heavy atom. The highest BCUT2D eigenvalue weighted by molar-refractivity contribution is 14.1. The maximum atomic E-state index is 12.7. The second-order valence-electron chi connectivity index (χ2n) is 6.47. The van der Waals surface area contributed by atoms with Gasteiger partial charge in [-0.15, -0.1) is 6.58 Å².